The number of benzene rings is 2. The number of rotatable bonds is 3. The zero-order valence-electron chi connectivity index (χ0n) is 17.3. The second-order valence-corrected chi connectivity index (χ2v) is 9.17. The molecule has 33 heavy (non-hydrogen) atoms. The molecule has 1 aromatic heterocycles. The third kappa shape index (κ3) is 4.63. The molecule has 0 fully saturated rings. The summed E-state index contributed by atoms with van der Waals surface area (Å²) in [6.45, 7) is 1.68. The van der Waals surface area contributed by atoms with Crippen LogP contribution >= 0.6 is 0 Å². The predicted molar refractivity (Wildman–Crippen MR) is 115 cm³/mol. The highest BCUT2D eigenvalue weighted by Gasteiger charge is 2.33. The van der Waals surface area contributed by atoms with Crippen LogP contribution in [0.3, 0.4) is 0 Å². The molecule has 3 aromatic rings. The van der Waals surface area contributed by atoms with E-state index in [-0.39, 0.29) is 35.2 Å². The first-order valence-electron chi connectivity index (χ1n) is 9.75. The molecule has 2 aromatic carbocycles. The lowest BCUT2D eigenvalue weighted by Crippen LogP contribution is -2.32. The minimum Gasteiger partial charge on any atom is -0.490 e. The highest BCUT2D eigenvalue weighted by Crippen LogP contribution is 2.36. The van der Waals surface area contributed by atoms with Gasteiger partial charge in [0.25, 0.3) is 15.9 Å². The number of pyridine rings is 1. The van der Waals surface area contributed by atoms with E-state index in [0.29, 0.717) is 5.56 Å². The zero-order valence-corrected chi connectivity index (χ0v) is 18.1. The number of carbonyl (C=O) groups is 1. The van der Waals surface area contributed by atoms with Gasteiger partial charge in [-0.25, -0.2) is 8.42 Å². The fraction of sp³-hybridized carbons (Fsp3) is 0.182. The highest BCUT2D eigenvalue weighted by molar-refractivity contribution is 7.93. The minimum atomic E-state index is -4.54. The fourth-order valence-corrected chi connectivity index (χ4v) is 4.96. The first kappa shape index (κ1) is 22.6. The Balaban J connectivity index is 1.66. The van der Waals surface area contributed by atoms with Crippen LogP contribution in [0.4, 0.5) is 24.5 Å². The maximum atomic E-state index is 13.4. The predicted octanol–water partition coefficient (Wildman–Crippen LogP) is 4.25. The topological polar surface area (TPSA) is 88.6 Å². The number of hydrogen-bond acceptors (Lipinski definition) is 5. The van der Waals surface area contributed by atoms with Crippen molar-refractivity contribution in [2.45, 2.75) is 18.0 Å². The molecule has 2 heterocycles. The van der Waals surface area contributed by atoms with Gasteiger partial charge < -0.3 is 10.1 Å². The van der Waals surface area contributed by atoms with Crippen molar-refractivity contribution in [1.82, 2.24) is 4.98 Å². The lowest BCUT2D eigenvalue weighted by molar-refractivity contribution is -0.137. The summed E-state index contributed by atoms with van der Waals surface area (Å²) in [5.41, 5.74) is 0.482. The monoisotopic (exact) mass is 477 g/mol. The molecule has 1 amide bonds. The van der Waals surface area contributed by atoms with E-state index in [1.807, 2.05) is 0 Å². The van der Waals surface area contributed by atoms with Crippen molar-refractivity contribution in [2.75, 3.05) is 22.8 Å². The Labute approximate surface area is 187 Å². The van der Waals surface area contributed by atoms with Gasteiger partial charge in [0.1, 0.15) is 17.3 Å². The van der Waals surface area contributed by atoms with Crippen molar-refractivity contribution in [3.63, 3.8) is 0 Å². The van der Waals surface area contributed by atoms with E-state index >= 15 is 0 Å². The summed E-state index contributed by atoms with van der Waals surface area (Å²) in [5.74, 6) is -0.391. The van der Waals surface area contributed by atoms with E-state index in [9.17, 15) is 26.4 Å². The molecule has 1 N–H and O–H groups in total. The van der Waals surface area contributed by atoms with E-state index in [1.54, 1.807) is 19.2 Å². The number of anilines is 2. The van der Waals surface area contributed by atoms with Gasteiger partial charge in [0.2, 0.25) is 0 Å². The normalized spacial score (nSPS) is 15.2. The molecule has 0 saturated heterocycles. The van der Waals surface area contributed by atoms with E-state index in [4.69, 9.17) is 4.74 Å². The molecular weight excluding hydrogens is 459 g/mol. The summed E-state index contributed by atoms with van der Waals surface area (Å²) < 4.78 is 71.9. The second kappa shape index (κ2) is 8.39. The lowest BCUT2D eigenvalue weighted by Gasteiger charge is -2.22. The third-order valence-electron chi connectivity index (χ3n) is 4.94. The minimum absolute atomic E-state index is 0.00603. The van der Waals surface area contributed by atoms with Crippen LogP contribution in [0.5, 0.6) is 5.75 Å². The summed E-state index contributed by atoms with van der Waals surface area (Å²) in [4.78, 5) is 16.3. The molecule has 11 heteroatoms. The zero-order chi connectivity index (χ0) is 23.8. The number of hydrogen-bond donors (Lipinski definition) is 1. The molecule has 0 bridgehead atoms. The van der Waals surface area contributed by atoms with Crippen molar-refractivity contribution in [1.29, 1.82) is 0 Å². The van der Waals surface area contributed by atoms with E-state index in [2.05, 4.69) is 10.3 Å². The molecule has 0 spiro atoms. The van der Waals surface area contributed by atoms with Gasteiger partial charge in [-0.3, -0.25) is 14.1 Å². The van der Waals surface area contributed by atoms with Crippen LogP contribution in [0.2, 0.25) is 0 Å². The van der Waals surface area contributed by atoms with Crippen molar-refractivity contribution >= 4 is 27.3 Å². The number of amides is 1. The quantitative estimate of drug-likeness (QED) is 0.609. The number of fused-ring (bicyclic) bond motifs is 1. The molecular formula is C22H18F3N3O4S. The molecule has 1 aliphatic heterocycles. The van der Waals surface area contributed by atoms with E-state index < -0.39 is 27.7 Å². The summed E-state index contributed by atoms with van der Waals surface area (Å²) in [6, 6.07) is 9.67. The standard InChI is InChI=1S/C22H18F3N3O4S/c1-14-10-15(13-26-12-14)21(29)27-17-4-7-19-20(11-17)33(30,31)28(8-9-32-19)18-5-2-16(3-6-18)22(23,24)25/h2-7,10-13H,8-9H2,1H3,(H,27,29). The van der Waals surface area contributed by atoms with Gasteiger partial charge in [-0.2, -0.15) is 13.2 Å². The van der Waals surface area contributed by atoms with Gasteiger partial charge in [-0.05, 0) is 61.0 Å². The lowest BCUT2D eigenvalue weighted by atomic mass is 10.2. The van der Waals surface area contributed by atoms with Gasteiger partial charge in [0.15, 0.2) is 0 Å². The molecule has 0 atom stereocenters. The van der Waals surface area contributed by atoms with Crippen molar-refractivity contribution in [3.05, 3.63) is 77.6 Å². The molecule has 4 rings (SSSR count). The number of alkyl halides is 3. The number of nitrogens with one attached hydrogen (secondary N) is 1. The second-order valence-electron chi connectivity index (χ2n) is 7.34. The molecule has 172 valence electrons. The Kier molecular flexibility index (Phi) is 5.75. The molecule has 7 nitrogen and oxygen atoms in total. The van der Waals surface area contributed by atoms with Gasteiger partial charge >= 0.3 is 6.18 Å². The van der Waals surface area contributed by atoms with Crippen LogP contribution in [-0.4, -0.2) is 32.5 Å². The fourth-order valence-electron chi connectivity index (χ4n) is 3.35. The average Bonchev–Trinajstić information content (AvgIpc) is 2.89. The van der Waals surface area contributed by atoms with Crippen LogP contribution < -0.4 is 14.4 Å². The molecule has 0 saturated carbocycles. The Bertz CT molecular complexity index is 1310. The first-order valence-corrected chi connectivity index (χ1v) is 11.2. The highest BCUT2D eigenvalue weighted by atomic mass is 32.2. The maximum absolute atomic E-state index is 13.4. The molecule has 0 unspecified atom stereocenters. The van der Waals surface area contributed by atoms with Gasteiger partial charge in [0, 0.05) is 18.1 Å². The average molecular weight is 477 g/mol. The van der Waals surface area contributed by atoms with Crippen LogP contribution in [0.15, 0.2) is 65.8 Å². The third-order valence-corrected chi connectivity index (χ3v) is 6.79. The smallest absolute Gasteiger partial charge is 0.416 e. The van der Waals surface area contributed by atoms with Crippen LogP contribution in [-0.2, 0) is 16.2 Å². The first-order chi connectivity index (χ1) is 15.6. The number of halogens is 3. The largest absolute Gasteiger partial charge is 0.490 e. The molecule has 1 aliphatic rings. The number of aryl methyl sites for hydroxylation is 1. The van der Waals surface area contributed by atoms with E-state index in [1.165, 1.54) is 24.4 Å². The Morgan fingerprint density at radius 1 is 1.09 bits per heavy atom. The van der Waals surface area contributed by atoms with Crippen LogP contribution in [0.1, 0.15) is 21.5 Å². The molecule has 0 aliphatic carbocycles. The number of carbonyl (C=O) groups excluding carboxylic acids is 1. The van der Waals surface area contributed by atoms with Crippen LogP contribution in [0.25, 0.3) is 0 Å². The Hall–Kier alpha value is -3.60. The number of ether oxygens (including phenoxy) is 1. The summed E-state index contributed by atoms with van der Waals surface area (Å²) in [7, 11) is -4.19. The van der Waals surface area contributed by atoms with Crippen LogP contribution in [0, 0.1) is 6.92 Å². The van der Waals surface area contributed by atoms with Gasteiger partial charge in [-0.1, -0.05) is 0 Å². The number of sulfonamides is 1. The number of aromatic nitrogens is 1. The SMILES string of the molecule is Cc1cncc(C(=O)Nc2ccc3c(c2)S(=O)(=O)N(c2ccc(C(F)(F)F)cc2)CCO3)c1. The summed E-state index contributed by atoms with van der Waals surface area (Å²) in [5, 5.41) is 2.63. The Morgan fingerprint density at radius 2 is 1.82 bits per heavy atom. The van der Waals surface area contributed by atoms with Crippen molar-refractivity contribution < 1.29 is 31.1 Å². The van der Waals surface area contributed by atoms with Gasteiger partial charge in [-0.15, -0.1) is 0 Å². The maximum Gasteiger partial charge on any atom is 0.416 e. The van der Waals surface area contributed by atoms with Crippen molar-refractivity contribution in [3.8, 4) is 5.75 Å². The summed E-state index contributed by atoms with van der Waals surface area (Å²) >= 11 is 0. The van der Waals surface area contributed by atoms with E-state index in [0.717, 1.165) is 34.1 Å². The van der Waals surface area contributed by atoms with Crippen molar-refractivity contribution in [2.24, 2.45) is 0 Å². The number of nitrogens with zero attached hydrogens (tertiary/aromatic N) is 2. The Morgan fingerprint density at radius 3 is 2.48 bits per heavy atom. The van der Waals surface area contributed by atoms with Gasteiger partial charge in [0.05, 0.1) is 23.4 Å². The summed E-state index contributed by atoms with van der Waals surface area (Å²) in [6.07, 6.45) is -1.55. The molecule has 0 radical (unpaired) electrons.